The van der Waals surface area contributed by atoms with E-state index >= 15 is 0 Å². The fraction of sp³-hybridized carbons (Fsp3) is 0.250. The van der Waals surface area contributed by atoms with E-state index in [1.807, 2.05) is 18.5 Å². The lowest BCUT2D eigenvalue weighted by Crippen LogP contribution is -2.01. The Labute approximate surface area is 161 Å². The molecule has 3 heterocycles. The van der Waals surface area contributed by atoms with Gasteiger partial charge < -0.3 is 10.8 Å². The van der Waals surface area contributed by atoms with Crippen molar-refractivity contribution in [1.82, 2.24) is 29.7 Å². The monoisotopic (exact) mass is 373 g/mol. The van der Waals surface area contributed by atoms with Gasteiger partial charge >= 0.3 is 0 Å². The number of nitrogens with two attached hydrogens (primary N) is 1. The summed E-state index contributed by atoms with van der Waals surface area (Å²) < 4.78 is 1.74. The lowest BCUT2D eigenvalue weighted by molar-refractivity contribution is 0.474. The second-order valence-electron chi connectivity index (χ2n) is 7.31. The summed E-state index contributed by atoms with van der Waals surface area (Å²) in [6.07, 6.45) is 6.41. The summed E-state index contributed by atoms with van der Waals surface area (Å²) in [4.78, 5) is 18.0. The van der Waals surface area contributed by atoms with Gasteiger partial charge in [0.05, 0.1) is 23.8 Å². The van der Waals surface area contributed by atoms with Crippen LogP contribution in [0.5, 0.6) is 5.75 Å². The Morgan fingerprint density at radius 2 is 2.07 bits per heavy atom. The van der Waals surface area contributed by atoms with Crippen LogP contribution in [0, 0.1) is 5.92 Å². The van der Waals surface area contributed by atoms with E-state index < -0.39 is 0 Å². The number of fused-ring (bicyclic) bond motifs is 1. The zero-order valence-corrected chi connectivity index (χ0v) is 15.3. The first-order valence-corrected chi connectivity index (χ1v) is 9.18. The number of aromatic nitrogens is 6. The Balaban J connectivity index is 1.50. The molecule has 1 aliphatic rings. The molecule has 3 N–H and O–H groups in total. The zero-order valence-electron chi connectivity index (χ0n) is 15.3. The molecule has 0 radical (unpaired) electrons. The number of hydrogen-bond acceptors (Lipinski definition) is 7. The number of nitrogens with zero attached hydrogens (tertiary/aromatic N) is 6. The van der Waals surface area contributed by atoms with E-state index in [9.17, 15) is 5.11 Å². The highest BCUT2D eigenvalue weighted by atomic mass is 16.3. The third-order valence-corrected chi connectivity index (χ3v) is 5.08. The van der Waals surface area contributed by atoms with Crippen molar-refractivity contribution in [1.29, 1.82) is 0 Å². The van der Waals surface area contributed by atoms with E-state index in [1.54, 1.807) is 29.1 Å². The summed E-state index contributed by atoms with van der Waals surface area (Å²) in [6.45, 7) is 2.70. The number of nitrogen functional groups attached to an aromatic ring is 1. The van der Waals surface area contributed by atoms with Crippen molar-refractivity contribution in [3.8, 4) is 17.3 Å². The molecule has 1 saturated carbocycles. The summed E-state index contributed by atoms with van der Waals surface area (Å²) in [5.74, 6) is 2.12. The van der Waals surface area contributed by atoms with Gasteiger partial charge in [-0.15, -0.1) is 0 Å². The molecule has 0 saturated heterocycles. The molecule has 1 aromatic carbocycles. The molecule has 0 bridgehead atoms. The molecule has 1 unspecified atom stereocenters. The molecule has 0 amide bonds. The Morgan fingerprint density at radius 1 is 1.21 bits per heavy atom. The summed E-state index contributed by atoms with van der Waals surface area (Å²) in [5.41, 5.74) is 9.18. The standard InChI is InChI=1S/C20H19N7O/c1-11-5-14(11)16-7-22-8-17(23-16)20-24-18(21)15-10-27(26-19(15)25-20)9-12-3-2-4-13(28)6-12/h2-4,6-8,10-11,14,28H,5,9H2,1H3,(H2,21,24,25,26)/t11?,14-/m0/s1. The van der Waals surface area contributed by atoms with Gasteiger partial charge in [0.2, 0.25) is 0 Å². The highest BCUT2D eigenvalue weighted by Crippen LogP contribution is 2.46. The van der Waals surface area contributed by atoms with Crippen LogP contribution in [0.15, 0.2) is 42.9 Å². The number of rotatable bonds is 4. The first-order valence-electron chi connectivity index (χ1n) is 9.18. The molecule has 140 valence electrons. The number of anilines is 1. The highest BCUT2D eigenvalue weighted by Gasteiger charge is 2.35. The van der Waals surface area contributed by atoms with Crippen molar-refractivity contribution in [2.75, 3.05) is 5.73 Å². The summed E-state index contributed by atoms with van der Waals surface area (Å²) in [6, 6.07) is 7.06. The molecule has 5 rings (SSSR count). The molecule has 8 heteroatoms. The smallest absolute Gasteiger partial charge is 0.187 e. The van der Waals surface area contributed by atoms with Gasteiger partial charge in [-0.2, -0.15) is 5.10 Å². The van der Waals surface area contributed by atoms with Gasteiger partial charge in [-0.25, -0.2) is 15.0 Å². The van der Waals surface area contributed by atoms with Gasteiger partial charge in [0.25, 0.3) is 0 Å². The molecular formula is C20H19N7O. The number of hydrogen-bond donors (Lipinski definition) is 2. The number of phenols is 1. The predicted molar refractivity (Wildman–Crippen MR) is 104 cm³/mol. The topological polar surface area (TPSA) is 116 Å². The van der Waals surface area contributed by atoms with Gasteiger partial charge in [-0.3, -0.25) is 9.67 Å². The summed E-state index contributed by atoms with van der Waals surface area (Å²) in [5, 5.41) is 14.8. The number of aromatic hydroxyl groups is 1. The normalized spacial score (nSPS) is 18.5. The van der Waals surface area contributed by atoms with Gasteiger partial charge in [0.1, 0.15) is 17.3 Å². The van der Waals surface area contributed by atoms with Crippen molar-refractivity contribution < 1.29 is 5.11 Å². The van der Waals surface area contributed by atoms with Crippen molar-refractivity contribution in [3.05, 3.63) is 54.1 Å². The molecule has 2 atom stereocenters. The minimum atomic E-state index is 0.222. The second kappa shape index (κ2) is 6.26. The van der Waals surface area contributed by atoms with Crippen LogP contribution in [0.3, 0.4) is 0 Å². The summed E-state index contributed by atoms with van der Waals surface area (Å²) in [7, 11) is 0. The van der Waals surface area contributed by atoms with Crippen LogP contribution >= 0.6 is 0 Å². The van der Waals surface area contributed by atoms with Crippen LogP contribution in [-0.4, -0.2) is 34.8 Å². The molecule has 8 nitrogen and oxygen atoms in total. The molecule has 0 aliphatic heterocycles. The van der Waals surface area contributed by atoms with Crippen LogP contribution in [0.25, 0.3) is 22.6 Å². The first-order chi connectivity index (χ1) is 13.6. The Morgan fingerprint density at radius 3 is 2.86 bits per heavy atom. The van der Waals surface area contributed by atoms with Gasteiger partial charge in [0, 0.05) is 18.3 Å². The molecule has 28 heavy (non-hydrogen) atoms. The van der Waals surface area contributed by atoms with Crippen LogP contribution < -0.4 is 5.73 Å². The molecule has 4 aromatic rings. The summed E-state index contributed by atoms with van der Waals surface area (Å²) >= 11 is 0. The van der Waals surface area contributed by atoms with E-state index in [4.69, 9.17) is 5.73 Å². The minimum absolute atomic E-state index is 0.222. The third-order valence-electron chi connectivity index (χ3n) is 5.08. The van der Waals surface area contributed by atoms with Crippen LogP contribution in [-0.2, 0) is 6.54 Å². The maximum atomic E-state index is 9.63. The van der Waals surface area contributed by atoms with Gasteiger partial charge in [0.15, 0.2) is 11.5 Å². The molecule has 3 aromatic heterocycles. The predicted octanol–water partition coefficient (Wildman–Crippen LogP) is 2.74. The van der Waals surface area contributed by atoms with Crippen LogP contribution in [0.2, 0.25) is 0 Å². The first kappa shape index (κ1) is 16.6. The Bertz CT molecular complexity index is 1190. The van der Waals surface area contributed by atoms with Crippen molar-refractivity contribution in [3.63, 3.8) is 0 Å². The lowest BCUT2D eigenvalue weighted by Gasteiger charge is -2.03. The number of benzene rings is 1. The van der Waals surface area contributed by atoms with Crippen LogP contribution in [0.4, 0.5) is 5.82 Å². The van der Waals surface area contributed by atoms with E-state index in [1.165, 1.54) is 0 Å². The largest absolute Gasteiger partial charge is 0.508 e. The quantitative estimate of drug-likeness (QED) is 0.565. The molecule has 1 fully saturated rings. The molecular weight excluding hydrogens is 354 g/mol. The maximum absolute atomic E-state index is 9.63. The van der Waals surface area contributed by atoms with E-state index in [2.05, 4.69) is 32.0 Å². The van der Waals surface area contributed by atoms with E-state index in [0.717, 1.165) is 17.7 Å². The third kappa shape index (κ3) is 3.02. The number of phenolic OH excluding ortho intramolecular Hbond substituents is 1. The SMILES string of the molecule is CC1C[C@@H]1c1cncc(-c2nc(N)c3cn(Cc4cccc(O)c4)nc3n2)n1. The lowest BCUT2D eigenvalue weighted by atomic mass is 10.2. The average molecular weight is 373 g/mol. The van der Waals surface area contributed by atoms with E-state index in [0.29, 0.717) is 46.8 Å². The van der Waals surface area contributed by atoms with Gasteiger partial charge in [-0.05, 0) is 30.0 Å². The minimum Gasteiger partial charge on any atom is -0.508 e. The van der Waals surface area contributed by atoms with E-state index in [-0.39, 0.29) is 5.75 Å². The molecule has 1 aliphatic carbocycles. The van der Waals surface area contributed by atoms with Gasteiger partial charge in [-0.1, -0.05) is 19.1 Å². The zero-order chi connectivity index (χ0) is 19.3. The average Bonchev–Trinajstić information content (AvgIpc) is 3.26. The fourth-order valence-electron chi connectivity index (χ4n) is 3.41. The van der Waals surface area contributed by atoms with Crippen molar-refractivity contribution in [2.45, 2.75) is 25.8 Å². The Kier molecular flexibility index (Phi) is 3.71. The Hall–Kier alpha value is -3.55. The molecule has 0 spiro atoms. The van der Waals surface area contributed by atoms with Crippen LogP contribution in [0.1, 0.15) is 30.5 Å². The van der Waals surface area contributed by atoms with Crippen molar-refractivity contribution in [2.24, 2.45) is 5.92 Å². The van der Waals surface area contributed by atoms with Crippen molar-refractivity contribution >= 4 is 16.9 Å². The maximum Gasteiger partial charge on any atom is 0.187 e. The fourth-order valence-corrected chi connectivity index (χ4v) is 3.41. The highest BCUT2D eigenvalue weighted by molar-refractivity contribution is 5.86. The second-order valence-corrected chi connectivity index (χ2v) is 7.31.